The molecule has 1 N–H and O–H groups in total. The second-order valence-electron chi connectivity index (χ2n) is 6.36. The molecule has 0 amide bonds. The fourth-order valence-corrected chi connectivity index (χ4v) is 3.79. The summed E-state index contributed by atoms with van der Waals surface area (Å²) in [6.07, 6.45) is 6.07. The van der Waals surface area contributed by atoms with Gasteiger partial charge in [-0.15, -0.1) is 0 Å². The molecule has 0 radical (unpaired) electrons. The standard InChI is InChI=1S/C14H30O3S/c1-6-8-9-12(7-2)10-11-13(14(3,4)5)18(15,16)17/h12-13H,6-11H2,1-5H3,(H,15,16,17). The first-order valence-corrected chi connectivity index (χ1v) is 8.59. The maximum atomic E-state index is 11.4. The lowest BCUT2D eigenvalue weighted by atomic mass is 9.85. The molecule has 0 aliphatic heterocycles. The topological polar surface area (TPSA) is 54.4 Å². The summed E-state index contributed by atoms with van der Waals surface area (Å²) in [5.74, 6) is 0.580. The number of hydrogen-bond acceptors (Lipinski definition) is 2. The van der Waals surface area contributed by atoms with E-state index in [1.165, 1.54) is 12.8 Å². The number of unbranched alkanes of at least 4 members (excludes halogenated alkanes) is 1. The predicted molar refractivity (Wildman–Crippen MR) is 77.3 cm³/mol. The van der Waals surface area contributed by atoms with Crippen molar-refractivity contribution in [2.45, 2.75) is 78.4 Å². The minimum absolute atomic E-state index is 0.406. The van der Waals surface area contributed by atoms with Gasteiger partial charge < -0.3 is 0 Å². The molecule has 3 nitrogen and oxygen atoms in total. The lowest BCUT2D eigenvalue weighted by Crippen LogP contribution is -2.34. The molecule has 0 heterocycles. The van der Waals surface area contributed by atoms with E-state index in [0.29, 0.717) is 12.3 Å². The third kappa shape index (κ3) is 6.74. The summed E-state index contributed by atoms with van der Waals surface area (Å²) in [6, 6.07) is 0. The van der Waals surface area contributed by atoms with Crippen LogP contribution in [-0.2, 0) is 10.1 Å². The predicted octanol–water partition coefficient (Wildman–Crippen LogP) is 4.29. The molecule has 2 atom stereocenters. The highest BCUT2D eigenvalue weighted by atomic mass is 32.2. The van der Waals surface area contributed by atoms with Gasteiger partial charge >= 0.3 is 0 Å². The van der Waals surface area contributed by atoms with Crippen molar-refractivity contribution in [3.8, 4) is 0 Å². The van der Waals surface area contributed by atoms with Crippen molar-refractivity contribution in [1.29, 1.82) is 0 Å². The fourth-order valence-electron chi connectivity index (χ4n) is 2.46. The second kappa shape index (κ2) is 7.49. The normalized spacial score (nSPS) is 16.6. The maximum absolute atomic E-state index is 11.4. The number of rotatable bonds is 8. The van der Waals surface area contributed by atoms with Crippen molar-refractivity contribution in [2.24, 2.45) is 11.3 Å². The Morgan fingerprint density at radius 2 is 1.61 bits per heavy atom. The summed E-state index contributed by atoms with van der Waals surface area (Å²) in [5.41, 5.74) is -0.406. The van der Waals surface area contributed by atoms with Gasteiger partial charge in [0.2, 0.25) is 0 Å². The van der Waals surface area contributed by atoms with Gasteiger partial charge in [-0.25, -0.2) is 0 Å². The molecule has 0 aromatic heterocycles. The van der Waals surface area contributed by atoms with Gasteiger partial charge in [0.05, 0.1) is 5.25 Å². The van der Waals surface area contributed by atoms with E-state index < -0.39 is 20.8 Å². The average Bonchev–Trinajstić information content (AvgIpc) is 2.19. The van der Waals surface area contributed by atoms with Gasteiger partial charge in [-0.05, 0) is 24.2 Å². The molecular formula is C14H30O3S. The van der Waals surface area contributed by atoms with Crippen LogP contribution >= 0.6 is 0 Å². The van der Waals surface area contributed by atoms with Crippen LogP contribution in [0.1, 0.15) is 73.1 Å². The van der Waals surface area contributed by atoms with Crippen molar-refractivity contribution in [3.63, 3.8) is 0 Å². The molecule has 4 heteroatoms. The Morgan fingerprint density at radius 3 is 1.94 bits per heavy atom. The van der Waals surface area contributed by atoms with Gasteiger partial charge in [0.25, 0.3) is 10.1 Å². The van der Waals surface area contributed by atoms with Gasteiger partial charge in [0.1, 0.15) is 0 Å². The van der Waals surface area contributed by atoms with E-state index >= 15 is 0 Å². The first kappa shape index (κ1) is 17.9. The van der Waals surface area contributed by atoms with Crippen LogP contribution in [0.2, 0.25) is 0 Å². The van der Waals surface area contributed by atoms with Crippen LogP contribution in [-0.4, -0.2) is 18.2 Å². The molecule has 0 saturated carbocycles. The average molecular weight is 278 g/mol. The van der Waals surface area contributed by atoms with E-state index in [9.17, 15) is 13.0 Å². The molecule has 0 aromatic carbocycles. The van der Waals surface area contributed by atoms with Crippen molar-refractivity contribution in [1.82, 2.24) is 0 Å². The Bertz CT molecular complexity index is 314. The lowest BCUT2D eigenvalue weighted by molar-refractivity contribution is 0.309. The van der Waals surface area contributed by atoms with Crippen LogP contribution in [0.5, 0.6) is 0 Å². The highest BCUT2D eigenvalue weighted by molar-refractivity contribution is 7.86. The van der Waals surface area contributed by atoms with Crippen LogP contribution < -0.4 is 0 Å². The van der Waals surface area contributed by atoms with Gasteiger partial charge in [0.15, 0.2) is 0 Å². The minimum Gasteiger partial charge on any atom is -0.285 e. The quantitative estimate of drug-likeness (QED) is 0.674. The van der Waals surface area contributed by atoms with E-state index in [0.717, 1.165) is 19.3 Å². The van der Waals surface area contributed by atoms with Gasteiger partial charge in [-0.3, -0.25) is 4.55 Å². The molecule has 18 heavy (non-hydrogen) atoms. The zero-order valence-corrected chi connectivity index (χ0v) is 13.4. The maximum Gasteiger partial charge on any atom is 0.268 e. The minimum atomic E-state index is -3.95. The van der Waals surface area contributed by atoms with Crippen molar-refractivity contribution >= 4 is 10.1 Å². The van der Waals surface area contributed by atoms with Crippen LogP contribution in [0.15, 0.2) is 0 Å². The Balaban J connectivity index is 4.53. The summed E-state index contributed by atoms with van der Waals surface area (Å²) in [6.45, 7) is 9.94. The summed E-state index contributed by atoms with van der Waals surface area (Å²) < 4.78 is 32.2. The largest absolute Gasteiger partial charge is 0.285 e. The van der Waals surface area contributed by atoms with Crippen LogP contribution in [0.25, 0.3) is 0 Å². The summed E-state index contributed by atoms with van der Waals surface area (Å²) in [5, 5.41) is -0.652. The first-order valence-electron chi connectivity index (χ1n) is 7.09. The van der Waals surface area contributed by atoms with Gasteiger partial charge in [-0.2, -0.15) is 8.42 Å². The summed E-state index contributed by atoms with van der Waals surface area (Å²) in [4.78, 5) is 0. The fraction of sp³-hybridized carbons (Fsp3) is 1.00. The smallest absolute Gasteiger partial charge is 0.268 e. The van der Waals surface area contributed by atoms with E-state index in [4.69, 9.17) is 0 Å². The van der Waals surface area contributed by atoms with E-state index in [2.05, 4.69) is 13.8 Å². The molecule has 0 spiro atoms. The lowest BCUT2D eigenvalue weighted by Gasteiger charge is -2.29. The Morgan fingerprint density at radius 1 is 1.06 bits per heavy atom. The third-order valence-electron chi connectivity index (χ3n) is 3.71. The molecule has 0 aliphatic carbocycles. The molecule has 0 rings (SSSR count). The zero-order chi connectivity index (χ0) is 14.4. The van der Waals surface area contributed by atoms with E-state index in [-0.39, 0.29) is 0 Å². The number of hydrogen-bond donors (Lipinski definition) is 1. The second-order valence-corrected chi connectivity index (χ2v) is 7.96. The summed E-state index contributed by atoms with van der Waals surface area (Å²) >= 11 is 0. The van der Waals surface area contributed by atoms with E-state index in [1.54, 1.807) is 0 Å². The molecule has 0 aromatic rings. The van der Waals surface area contributed by atoms with Crippen molar-refractivity contribution < 1.29 is 13.0 Å². The molecular weight excluding hydrogens is 248 g/mol. The molecule has 0 fully saturated rings. The first-order chi connectivity index (χ1) is 8.12. The highest BCUT2D eigenvalue weighted by Crippen LogP contribution is 2.31. The molecule has 0 bridgehead atoms. The van der Waals surface area contributed by atoms with Crippen molar-refractivity contribution in [2.75, 3.05) is 0 Å². The van der Waals surface area contributed by atoms with Crippen molar-refractivity contribution in [3.05, 3.63) is 0 Å². The Labute approximate surface area is 113 Å². The van der Waals surface area contributed by atoms with Crippen LogP contribution in [0, 0.1) is 11.3 Å². The van der Waals surface area contributed by atoms with Gasteiger partial charge in [0, 0.05) is 0 Å². The Hall–Kier alpha value is -0.0900. The van der Waals surface area contributed by atoms with E-state index in [1.807, 2.05) is 20.8 Å². The van der Waals surface area contributed by atoms with Crippen LogP contribution in [0.4, 0.5) is 0 Å². The zero-order valence-electron chi connectivity index (χ0n) is 12.6. The van der Waals surface area contributed by atoms with Crippen LogP contribution in [0.3, 0.4) is 0 Å². The molecule has 0 aliphatic rings. The van der Waals surface area contributed by atoms with Gasteiger partial charge in [-0.1, -0.05) is 60.3 Å². The molecule has 0 saturated heterocycles. The highest BCUT2D eigenvalue weighted by Gasteiger charge is 2.34. The summed E-state index contributed by atoms with van der Waals surface area (Å²) in [7, 11) is -3.95. The molecule has 2 unspecified atom stereocenters. The Kier molecular flexibility index (Phi) is 7.45. The monoisotopic (exact) mass is 278 g/mol. The third-order valence-corrected chi connectivity index (χ3v) is 5.37. The molecule has 110 valence electrons. The SMILES string of the molecule is CCCCC(CC)CCC(C(C)(C)C)S(=O)(=O)O.